The van der Waals surface area contributed by atoms with Crippen molar-refractivity contribution in [3.63, 3.8) is 0 Å². The molecule has 2 heterocycles. The van der Waals surface area contributed by atoms with Crippen LogP contribution in [-0.4, -0.2) is 36.1 Å². The van der Waals surface area contributed by atoms with Crippen molar-refractivity contribution in [1.29, 1.82) is 0 Å². The molecule has 0 amide bonds. The Bertz CT molecular complexity index is 231. The lowest BCUT2D eigenvalue weighted by Crippen LogP contribution is -2.46. The molecule has 2 fully saturated rings. The number of piperidine rings is 1. The molecule has 2 aliphatic heterocycles. The van der Waals surface area contributed by atoms with Crippen molar-refractivity contribution < 1.29 is 0 Å². The van der Waals surface area contributed by atoms with E-state index >= 15 is 0 Å². The Morgan fingerprint density at radius 1 is 1.35 bits per heavy atom. The Morgan fingerprint density at radius 3 is 2.76 bits per heavy atom. The maximum atomic E-state index is 3.74. The normalized spacial score (nSPS) is 35.6. The van der Waals surface area contributed by atoms with Crippen molar-refractivity contribution in [1.82, 2.24) is 10.2 Å². The highest BCUT2D eigenvalue weighted by Crippen LogP contribution is 2.29. The third kappa shape index (κ3) is 3.69. The minimum atomic E-state index is 0.448. The first-order valence-corrected chi connectivity index (χ1v) is 7.58. The second-order valence-corrected chi connectivity index (χ2v) is 6.73. The van der Waals surface area contributed by atoms with Crippen LogP contribution in [0.4, 0.5) is 0 Å². The summed E-state index contributed by atoms with van der Waals surface area (Å²) in [6.07, 6.45) is 8.41. The Kier molecular flexibility index (Phi) is 4.48. The average molecular weight is 238 g/mol. The van der Waals surface area contributed by atoms with Crippen LogP contribution in [-0.2, 0) is 0 Å². The Labute approximate surface area is 107 Å². The number of rotatable bonds is 4. The Morgan fingerprint density at radius 2 is 2.18 bits per heavy atom. The van der Waals surface area contributed by atoms with Gasteiger partial charge in [0.1, 0.15) is 0 Å². The van der Waals surface area contributed by atoms with Crippen LogP contribution in [0.15, 0.2) is 0 Å². The summed E-state index contributed by atoms with van der Waals surface area (Å²) in [5.41, 5.74) is 0.448. The van der Waals surface area contributed by atoms with E-state index in [0.717, 1.165) is 12.0 Å². The quantitative estimate of drug-likeness (QED) is 0.810. The third-order valence-corrected chi connectivity index (χ3v) is 4.86. The molecule has 2 aliphatic rings. The lowest BCUT2D eigenvalue weighted by molar-refractivity contribution is 0.229. The van der Waals surface area contributed by atoms with Crippen LogP contribution in [0.1, 0.15) is 59.3 Å². The summed E-state index contributed by atoms with van der Waals surface area (Å²) in [7, 11) is 0. The van der Waals surface area contributed by atoms with Crippen molar-refractivity contribution in [2.24, 2.45) is 5.92 Å². The standard InChI is InChI=1S/C15H30N2/c1-13(2)17-11-7-14(12-17)6-9-15(3)8-4-5-10-16-15/h13-14,16H,4-12H2,1-3H3. The zero-order valence-electron chi connectivity index (χ0n) is 12.0. The first kappa shape index (κ1) is 13.4. The summed E-state index contributed by atoms with van der Waals surface area (Å²) >= 11 is 0. The van der Waals surface area contributed by atoms with Crippen molar-refractivity contribution in [2.75, 3.05) is 19.6 Å². The highest BCUT2D eigenvalue weighted by Gasteiger charge is 2.29. The smallest absolute Gasteiger partial charge is 0.0153 e. The van der Waals surface area contributed by atoms with Crippen molar-refractivity contribution in [2.45, 2.75) is 70.9 Å². The number of hydrogen-bond acceptors (Lipinski definition) is 2. The summed E-state index contributed by atoms with van der Waals surface area (Å²) in [6, 6.07) is 0.739. The molecule has 100 valence electrons. The molecular weight excluding hydrogens is 208 g/mol. The fraction of sp³-hybridized carbons (Fsp3) is 1.00. The van der Waals surface area contributed by atoms with Crippen LogP contribution < -0.4 is 5.32 Å². The summed E-state index contributed by atoms with van der Waals surface area (Å²) < 4.78 is 0. The monoisotopic (exact) mass is 238 g/mol. The van der Waals surface area contributed by atoms with Crippen LogP contribution >= 0.6 is 0 Å². The average Bonchev–Trinajstić information content (AvgIpc) is 2.76. The maximum Gasteiger partial charge on any atom is 0.0153 e. The molecule has 2 atom stereocenters. The summed E-state index contributed by atoms with van der Waals surface area (Å²) in [5, 5.41) is 3.74. The minimum absolute atomic E-state index is 0.448. The Hall–Kier alpha value is -0.0800. The van der Waals surface area contributed by atoms with Crippen LogP contribution in [0, 0.1) is 5.92 Å². The molecular formula is C15H30N2. The summed E-state index contributed by atoms with van der Waals surface area (Å²) in [5.74, 6) is 0.956. The first-order valence-electron chi connectivity index (χ1n) is 7.58. The van der Waals surface area contributed by atoms with Gasteiger partial charge in [-0.3, -0.25) is 0 Å². The molecule has 0 aromatic rings. The van der Waals surface area contributed by atoms with Crippen molar-refractivity contribution in [3.05, 3.63) is 0 Å². The lowest BCUT2D eigenvalue weighted by atomic mass is 9.84. The zero-order valence-corrected chi connectivity index (χ0v) is 12.0. The van der Waals surface area contributed by atoms with Gasteiger partial charge in [0.15, 0.2) is 0 Å². The van der Waals surface area contributed by atoms with Crippen LogP contribution in [0.2, 0.25) is 0 Å². The van der Waals surface area contributed by atoms with Gasteiger partial charge in [-0.1, -0.05) is 6.42 Å². The number of nitrogens with zero attached hydrogens (tertiary/aromatic N) is 1. The van der Waals surface area contributed by atoms with Gasteiger partial charge in [-0.25, -0.2) is 0 Å². The SMILES string of the molecule is CC(C)N1CCC(CCC2(C)CCCCN2)C1. The molecule has 0 spiro atoms. The van der Waals surface area contributed by atoms with E-state index in [0.29, 0.717) is 5.54 Å². The van der Waals surface area contributed by atoms with Gasteiger partial charge in [-0.15, -0.1) is 0 Å². The van der Waals surface area contributed by atoms with E-state index in [-0.39, 0.29) is 0 Å². The molecule has 2 rings (SSSR count). The minimum Gasteiger partial charge on any atom is -0.312 e. The molecule has 0 aromatic heterocycles. The van der Waals surface area contributed by atoms with Gasteiger partial charge in [0.2, 0.25) is 0 Å². The highest BCUT2D eigenvalue weighted by molar-refractivity contribution is 4.88. The van der Waals surface area contributed by atoms with Gasteiger partial charge in [-0.05, 0) is 71.9 Å². The van der Waals surface area contributed by atoms with Crippen molar-refractivity contribution in [3.8, 4) is 0 Å². The lowest BCUT2D eigenvalue weighted by Gasteiger charge is -2.36. The molecule has 0 aromatic carbocycles. The maximum absolute atomic E-state index is 3.74. The van der Waals surface area contributed by atoms with E-state index in [9.17, 15) is 0 Å². The van der Waals surface area contributed by atoms with E-state index in [1.165, 1.54) is 58.2 Å². The first-order chi connectivity index (χ1) is 8.09. The third-order valence-electron chi connectivity index (χ3n) is 4.86. The molecule has 2 unspecified atom stereocenters. The van der Waals surface area contributed by atoms with Gasteiger partial charge in [0.25, 0.3) is 0 Å². The number of hydrogen-bond donors (Lipinski definition) is 1. The summed E-state index contributed by atoms with van der Waals surface area (Å²) in [6.45, 7) is 11.0. The predicted octanol–water partition coefficient (Wildman–Crippen LogP) is 3.03. The Balaban J connectivity index is 1.72. The van der Waals surface area contributed by atoms with E-state index in [4.69, 9.17) is 0 Å². The number of nitrogens with one attached hydrogen (secondary N) is 1. The second kappa shape index (κ2) is 5.71. The molecule has 2 saturated heterocycles. The van der Waals surface area contributed by atoms with Crippen LogP contribution in [0.5, 0.6) is 0 Å². The van der Waals surface area contributed by atoms with Crippen LogP contribution in [0.3, 0.4) is 0 Å². The number of likely N-dealkylation sites (tertiary alicyclic amines) is 1. The van der Waals surface area contributed by atoms with Gasteiger partial charge in [0, 0.05) is 18.1 Å². The van der Waals surface area contributed by atoms with E-state index in [2.05, 4.69) is 31.0 Å². The fourth-order valence-corrected chi connectivity index (χ4v) is 3.42. The molecule has 0 saturated carbocycles. The van der Waals surface area contributed by atoms with Crippen molar-refractivity contribution >= 4 is 0 Å². The van der Waals surface area contributed by atoms with E-state index in [1.807, 2.05) is 0 Å². The van der Waals surface area contributed by atoms with E-state index < -0.39 is 0 Å². The molecule has 2 nitrogen and oxygen atoms in total. The molecule has 1 N–H and O–H groups in total. The van der Waals surface area contributed by atoms with Crippen LogP contribution in [0.25, 0.3) is 0 Å². The highest BCUT2D eigenvalue weighted by atomic mass is 15.2. The zero-order chi connectivity index (χ0) is 12.3. The van der Waals surface area contributed by atoms with Gasteiger partial charge < -0.3 is 10.2 Å². The van der Waals surface area contributed by atoms with E-state index in [1.54, 1.807) is 0 Å². The van der Waals surface area contributed by atoms with Gasteiger partial charge >= 0.3 is 0 Å². The fourth-order valence-electron chi connectivity index (χ4n) is 3.42. The largest absolute Gasteiger partial charge is 0.312 e. The molecule has 2 heteroatoms. The molecule has 0 radical (unpaired) electrons. The van der Waals surface area contributed by atoms with Gasteiger partial charge in [-0.2, -0.15) is 0 Å². The predicted molar refractivity (Wildman–Crippen MR) is 74.3 cm³/mol. The summed E-state index contributed by atoms with van der Waals surface area (Å²) in [4.78, 5) is 2.64. The van der Waals surface area contributed by atoms with Gasteiger partial charge in [0.05, 0.1) is 0 Å². The molecule has 0 aliphatic carbocycles. The molecule has 0 bridgehead atoms. The second-order valence-electron chi connectivity index (χ2n) is 6.73. The topological polar surface area (TPSA) is 15.3 Å². The molecule has 17 heavy (non-hydrogen) atoms.